The van der Waals surface area contributed by atoms with Crippen LogP contribution in [0.2, 0.25) is 0 Å². The highest BCUT2D eigenvalue weighted by Gasteiger charge is 2.17. The molecule has 2 rings (SSSR count). The summed E-state index contributed by atoms with van der Waals surface area (Å²) in [5.74, 6) is 0.547. The average molecular weight is 274 g/mol. The first-order chi connectivity index (χ1) is 9.47. The van der Waals surface area contributed by atoms with Crippen molar-refractivity contribution in [3.63, 3.8) is 0 Å². The van der Waals surface area contributed by atoms with Gasteiger partial charge in [0.15, 0.2) is 0 Å². The number of hydrogen-bond acceptors (Lipinski definition) is 4. The van der Waals surface area contributed by atoms with Gasteiger partial charge in [0.1, 0.15) is 17.1 Å². The summed E-state index contributed by atoms with van der Waals surface area (Å²) in [5.41, 5.74) is 9.99. The van der Waals surface area contributed by atoms with E-state index in [1.165, 1.54) is 7.11 Å². The fourth-order valence-electron chi connectivity index (χ4n) is 2.06. The van der Waals surface area contributed by atoms with Gasteiger partial charge >= 0.3 is 5.97 Å². The summed E-state index contributed by atoms with van der Waals surface area (Å²) in [6, 6.07) is 5.63. The number of anilines is 1. The van der Waals surface area contributed by atoms with Gasteiger partial charge in [-0.25, -0.2) is 4.79 Å². The van der Waals surface area contributed by atoms with Crippen LogP contribution in [0.1, 0.15) is 21.5 Å². The Bertz CT molecular complexity index is 659. The van der Waals surface area contributed by atoms with Crippen molar-refractivity contribution < 1.29 is 14.3 Å². The van der Waals surface area contributed by atoms with E-state index in [2.05, 4.69) is 4.98 Å². The number of esters is 1. The van der Waals surface area contributed by atoms with E-state index >= 15 is 0 Å². The van der Waals surface area contributed by atoms with E-state index in [1.54, 1.807) is 13.2 Å². The molecule has 3 N–H and O–H groups in total. The maximum absolute atomic E-state index is 11.6. The molecule has 106 valence electrons. The molecule has 0 amide bonds. The van der Waals surface area contributed by atoms with Gasteiger partial charge in [0.25, 0.3) is 0 Å². The van der Waals surface area contributed by atoms with Crippen molar-refractivity contribution in [2.75, 3.05) is 20.0 Å². The highest BCUT2D eigenvalue weighted by molar-refractivity contribution is 5.96. The minimum atomic E-state index is -0.465. The van der Waals surface area contributed by atoms with Gasteiger partial charge < -0.3 is 20.2 Å². The smallest absolute Gasteiger partial charge is 0.341 e. The highest BCUT2D eigenvalue weighted by atomic mass is 16.5. The number of aromatic nitrogens is 1. The number of benzene rings is 1. The van der Waals surface area contributed by atoms with Crippen LogP contribution in [0, 0.1) is 13.8 Å². The number of carbonyl (C=O) groups is 1. The number of rotatable bonds is 3. The zero-order valence-corrected chi connectivity index (χ0v) is 12.0. The van der Waals surface area contributed by atoms with Crippen molar-refractivity contribution in [2.45, 2.75) is 13.8 Å². The molecule has 0 saturated carbocycles. The molecule has 1 aromatic carbocycles. The normalized spacial score (nSPS) is 10.4. The van der Waals surface area contributed by atoms with Crippen LogP contribution in [-0.4, -0.2) is 25.2 Å². The number of aryl methyl sites for hydroxylation is 2. The maximum atomic E-state index is 11.6. The van der Waals surface area contributed by atoms with Crippen molar-refractivity contribution in [1.82, 2.24) is 4.98 Å². The Morgan fingerprint density at radius 1 is 1.15 bits per heavy atom. The van der Waals surface area contributed by atoms with Crippen molar-refractivity contribution in [1.29, 1.82) is 0 Å². The van der Waals surface area contributed by atoms with E-state index < -0.39 is 5.97 Å². The van der Waals surface area contributed by atoms with Crippen LogP contribution < -0.4 is 10.5 Å². The Labute approximate surface area is 117 Å². The fraction of sp³-hybridized carbons (Fsp3) is 0.267. The molecule has 0 aliphatic carbocycles. The van der Waals surface area contributed by atoms with Gasteiger partial charge in [0, 0.05) is 5.56 Å². The molecule has 0 radical (unpaired) electrons. The number of hydrogen-bond donors (Lipinski definition) is 2. The molecule has 0 bridgehead atoms. The lowest BCUT2D eigenvalue weighted by molar-refractivity contribution is 0.0602. The maximum Gasteiger partial charge on any atom is 0.341 e. The molecule has 0 aliphatic heterocycles. The van der Waals surface area contributed by atoms with Crippen LogP contribution in [0.25, 0.3) is 11.3 Å². The first-order valence-electron chi connectivity index (χ1n) is 6.20. The van der Waals surface area contributed by atoms with Crippen LogP contribution in [0.3, 0.4) is 0 Å². The Morgan fingerprint density at radius 2 is 1.80 bits per heavy atom. The fourth-order valence-corrected chi connectivity index (χ4v) is 2.06. The largest absolute Gasteiger partial charge is 0.496 e. The second-order valence-corrected chi connectivity index (χ2v) is 4.64. The third-order valence-electron chi connectivity index (χ3n) is 3.36. The molecule has 0 atom stereocenters. The summed E-state index contributed by atoms with van der Waals surface area (Å²) in [7, 11) is 2.94. The molecule has 1 aromatic heterocycles. The Morgan fingerprint density at radius 3 is 2.40 bits per heavy atom. The molecule has 1 heterocycles. The first-order valence-corrected chi connectivity index (χ1v) is 6.20. The number of nitrogens with one attached hydrogen (secondary N) is 1. The Balaban J connectivity index is 2.57. The topological polar surface area (TPSA) is 77.3 Å². The minimum absolute atomic E-state index is 0.284. The quantitative estimate of drug-likeness (QED) is 0.843. The van der Waals surface area contributed by atoms with Crippen molar-refractivity contribution in [3.8, 4) is 17.0 Å². The molecular weight excluding hydrogens is 256 g/mol. The SMILES string of the molecule is COC(=O)c1cc(-c2cc(C)c(C)cc2OC)[nH]c1N. The van der Waals surface area contributed by atoms with Gasteiger partial charge in [-0.15, -0.1) is 0 Å². The first kappa shape index (κ1) is 14.0. The zero-order valence-electron chi connectivity index (χ0n) is 12.0. The highest BCUT2D eigenvalue weighted by Crippen LogP contribution is 2.33. The lowest BCUT2D eigenvalue weighted by atomic mass is 10.0. The molecule has 0 spiro atoms. The second kappa shape index (κ2) is 5.28. The Kier molecular flexibility index (Phi) is 3.70. The molecule has 2 aromatic rings. The summed E-state index contributed by atoms with van der Waals surface area (Å²) in [5, 5.41) is 0. The van der Waals surface area contributed by atoms with Crippen molar-refractivity contribution >= 4 is 11.8 Å². The number of H-pyrrole nitrogens is 1. The third kappa shape index (κ3) is 2.34. The van der Waals surface area contributed by atoms with E-state index in [1.807, 2.05) is 26.0 Å². The Hall–Kier alpha value is -2.43. The summed E-state index contributed by atoms with van der Waals surface area (Å²) in [6.45, 7) is 4.04. The molecule has 0 unspecified atom stereocenters. The predicted octanol–water partition coefficient (Wildman–Crippen LogP) is 2.68. The van der Waals surface area contributed by atoms with Crippen LogP contribution in [0.4, 0.5) is 5.82 Å². The number of carbonyl (C=O) groups excluding carboxylic acids is 1. The number of methoxy groups -OCH3 is 2. The molecule has 0 aliphatic rings. The van der Waals surface area contributed by atoms with Gasteiger partial charge in [0.05, 0.1) is 19.9 Å². The summed E-state index contributed by atoms with van der Waals surface area (Å²) < 4.78 is 10.1. The molecule has 5 heteroatoms. The number of nitrogens with two attached hydrogens (primary N) is 1. The minimum Gasteiger partial charge on any atom is -0.496 e. The molecule has 0 fully saturated rings. The zero-order chi connectivity index (χ0) is 14.9. The lowest BCUT2D eigenvalue weighted by Gasteiger charge is -2.10. The summed E-state index contributed by atoms with van der Waals surface area (Å²) in [4.78, 5) is 14.6. The lowest BCUT2D eigenvalue weighted by Crippen LogP contribution is -2.02. The van der Waals surface area contributed by atoms with E-state index in [0.717, 1.165) is 28.1 Å². The monoisotopic (exact) mass is 274 g/mol. The summed E-state index contributed by atoms with van der Waals surface area (Å²) in [6.07, 6.45) is 0. The standard InChI is InChI=1S/C15H18N2O3/c1-8-5-10(13(19-3)6-9(8)2)12-7-11(14(16)17-12)15(18)20-4/h5-7,17H,16H2,1-4H3. The second-order valence-electron chi connectivity index (χ2n) is 4.64. The van der Waals surface area contributed by atoms with E-state index in [4.69, 9.17) is 15.2 Å². The van der Waals surface area contributed by atoms with Gasteiger partial charge in [0.2, 0.25) is 0 Å². The van der Waals surface area contributed by atoms with Crippen LogP contribution in [-0.2, 0) is 4.74 Å². The van der Waals surface area contributed by atoms with Crippen LogP contribution in [0.15, 0.2) is 18.2 Å². The van der Waals surface area contributed by atoms with E-state index in [-0.39, 0.29) is 5.82 Å². The van der Waals surface area contributed by atoms with Crippen molar-refractivity contribution in [3.05, 3.63) is 34.9 Å². The molecule has 0 saturated heterocycles. The van der Waals surface area contributed by atoms with E-state index in [0.29, 0.717) is 5.56 Å². The van der Waals surface area contributed by atoms with Gasteiger partial charge in [-0.3, -0.25) is 0 Å². The summed E-state index contributed by atoms with van der Waals surface area (Å²) >= 11 is 0. The van der Waals surface area contributed by atoms with Crippen molar-refractivity contribution in [2.24, 2.45) is 0 Å². The predicted molar refractivity (Wildman–Crippen MR) is 78.0 cm³/mol. The average Bonchev–Trinajstić information content (AvgIpc) is 2.82. The van der Waals surface area contributed by atoms with Gasteiger partial charge in [-0.05, 0) is 43.2 Å². The molecule has 5 nitrogen and oxygen atoms in total. The number of nitrogen functional groups attached to an aromatic ring is 1. The molecule has 20 heavy (non-hydrogen) atoms. The van der Waals surface area contributed by atoms with Crippen LogP contribution >= 0.6 is 0 Å². The molecular formula is C15H18N2O3. The number of aromatic amines is 1. The third-order valence-corrected chi connectivity index (χ3v) is 3.36. The van der Waals surface area contributed by atoms with E-state index in [9.17, 15) is 4.79 Å². The van der Waals surface area contributed by atoms with Gasteiger partial charge in [-0.1, -0.05) is 0 Å². The van der Waals surface area contributed by atoms with Gasteiger partial charge in [-0.2, -0.15) is 0 Å². The van der Waals surface area contributed by atoms with Crippen LogP contribution in [0.5, 0.6) is 5.75 Å². The number of ether oxygens (including phenoxy) is 2.